The Labute approximate surface area is 144 Å². The van der Waals surface area contributed by atoms with Gasteiger partial charge in [-0.05, 0) is 44.5 Å². The van der Waals surface area contributed by atoms with Gasteiger partial charge < -0.3 is 10.3 Å². The number of nitrogens with one attached hydrogen (secondary N) is 3. The van der Waals surface area contributed by atoms with E-state index in [4.69, 9.17) is 0 Å². The van der Waals surface area contributed by atoms with Gasteiger partial charge in [0.25, 0.3) is 5.91 Å². The first kappa shape index (κ1) is 19.1. The zero-order valence-electron chi connectivity index (χ0n) is 14.0. The molecule has 1 aromatic carbocycles. The SMILES string of the molecule is CC(C)(C)NS(=O)(=O)c1c[nH]c(C(=O)NCc2ccc(F)c(F)c2)c1. The molecule has 136 valence electrons. The van der Waals surface area contributed by atoms with Gasteiger partial charge in [-0.2, -0.15) is 0 Å². The van der Waals surface area contributed by atoms with E-state index in [1.54, 1.807) is 20.8 Å². The van der Waals surface area contributed by atoms with E-state index in [0.29, 0.717) is 5.56 Å². The summed E-state index contributed by atoms with van der Waals surface area (Å²) in [5.74, 6) is -2.55. The van der Waals surface area contributed by atoms with Gasteiger partial charge in [-0.3, -0.25) is 4.79 Å². The summed E-state index contributed by atoms with van der Waals surface area (Å²) in [5, 5.41) is 2.50. The summed E-state index contributed by atoms with van der Waals surface area (Å²) in [6, 6.07) is 4.49. The molecule has 1 aromatic heterocycles. The van der Waals surface area contributed by atoms with Crippen molar-refractivity contribution in [2.45, 2.75) is 37.8 Å². The molecule has 9 heteroatoms. The molecule has 0 aliphatic heterocycles. The van der Waals surface area contributed by atoms with Crippen LogP contribution in [-0.2, 0) is 16.6 Å². The Morgan fingerprint density at radius 3 is 2.44 bits per heavy atom. The van der Waals surface area contributed by atoms with Gasteiger partial charge in [-0.15, -0.1) is 0 Å². The molecule has 0 fully saturated rings. The van der Waals surface area contributed by atoms with E-state index < -0.39 is 33.1 Å². The van der Waals surface area contributed by atoms with Crippen molar-refractivity contribution >= 4 is 15.9 Å². The molecule has 0 spiro atoms. The van der Waals surface area contributed by atoms with E-state index in [1.807, 2.05) is 0 Å². The summed E-state index contributed by atoms with van der Waals surface area (Å²) in [7, 11) is -3.76. The fourth-order valence-corrected chi connectivity index (χ4v) is 3.46. The Hall–Kier alpha value is -2.26. The predicted octanol–water partition coefficient (Wildman–Crippen LogP) is 2.30. The molecule has 0 saturated carbocycles. The monoisotopic (exact) mass is 371 g/mol. The number of halogens is 2. The van der Waals surface area contributed by atoms with Crippen LogP contribution in [0.2, 0.25) is 0 Å². The van der Waals surface area contributed by atoms with Gasteiger partial charge in [0.2, 0.25) is 10.0 Å². The molecule has 2 aromatic rings. The van der Waals surface area contributed by atoms with Crippen molar-refractivity contribution in [3.8, 4) is 0 Å². The van der Waals surface area contributed by atoms with Crippen LogP contribution in [0.5, 0.6) is 0 Å². The Bertz CT molecular complexity index is 886. The molecule has 0 saturated heterocycles. The Morgan fingerprint density at radius 2 is 1.84 bits per heavy atom. The largest absolute Gasteiger partial charge is 0.356 e. The van der Waals surface area contributed by atoms with Crippen LogP contribution >= 0.6 is 0 Å². The highest BCUT2D eigenvalue weighted by molar-refractivity contribution is 7.89. The van der Waals surface area contributed by atoms with Crippen molar-refractivity contribution in [1.82, 2.24) is 15.0 Å². The fraction of sp³-hybridized carbons (Fsp3) is 0.312. The number of hydrogen-bond donors (Lipinski definition) is 3. The predicted molar refractivity (Wildman–Crippen MR) is 88.4 cm³/mol. The molecule has 25 heavy (non-hydrogen) atoms. The van der Waals surface area contributed by atoms with E-state index in [9.17, 15) is 22.0 Å². The molecule has 1 amide bonds. The number of carbonyl (C=O) groups is 1. The third kappa shape index (κ3) is 5.10. The summed E-state index contributed by atoms with van der Waals surface area (Å²) in [5.41, 5.74) is -0.247. The average molecular weight is 371 g/mol. The third-order valence-corrected chi connectivity index (χ3v) is 4.83. The van der Waals surface area contributed by atoms with Gasteiger partial charge >= 0.3 is 0 Å². The van der Waals surface area contributed by atoms with Crippen LogP contribution in [0.15, 0.2) is 35.4 Å². The van der Waals surface area contributed by atoms with Crippen molar-refractivity contribution in [1.29, 1.82) is 0 Å². The summed E-state index contributed by atoms with van der Waals surface area (Å²) in [4.78, 5) is 14.6. The first-order valence-electron chi connectivity index (χ1n) is 7.42. The van der Waals surface area contributed by atoms with Crippen molar-refractivity contribution in [2.75, 3.05) is 0 Å². The van der Waals surface area contributed by atoms with Crippen LogP contribution in [0.1, 0.15) is 36.8 Å². The third-order valence-electron chi connectivity index (χ3n) is 3.09. The van der Waals surface area contributed by atoms with Crippen LogP contribution in [-0.4, -0.2) is 24.8 Å². The number of aromatic amines is 1. The second-order valence-corrected chi connectivity index (χ2v) is 8.22. The van der Waals surface area contributed by atoms with E-state index in [0.717, 1.165) is 12.1 Å². The number of rotatable bonds is 5. The maximum absolute atomic E-state index is 13.1. The first-order chi connectivity index (χ1) is 11.5. The van der Waals surface area contributed by atoms with E-state index in [2.05, 4.69) is 15.0 Å². The minimum Gasteiger partial charge on any atom is -0.356 e. The Morgan fingerprint density at radius 1 is 1.16 bits per heavy atom. The van der Waals surface area contributed by atoms with Crippen molar-refractivity contribution in [3.05, 3.63) is 53.4 Å². The van der Waals surface area contributed by atoms with Crippen LogP contribution in [0, 0.1) is 11.6 Å². The van der Waals surface area contributed by atoms with Crippen LogP contribution in [0.4, 0.5) is 8.78 Å². The number of H-pyrrole nitrogens is 1. The lowest BCUT2D eigenvalue weighted by molar-refractivity contribution is 0.0946. The maximum Gasteiger partial charge on any atom is 0.268 e. The second kappa shape index (κ2) is 6.93. The standard InChI is InChI=1S/C16H19F2N3O3S/c1-16(2,3)21-25(23,24)11-7-14(19-9-11)15(22)20-8-10-4-5-12(17)13(18)6-10/h4-7,9,19,21H,8H2,1-3H3,(H,20,22). The van der Waals surface area contributed by atoms with Gasteiger partial charge in [0, 0.05) is 18.3 Å². The topological polar surface area (TPSA) is 91.1 Å². The highest BCUT2D eigenvalue weighted by atomic mass is 32.2. The van der Waals surface area contributed by atoms with E-state index >= 15 is 0 Å². The second-order valence-electron chi connectivity index (χ2n) is 6.54. The maximum atomic E-state index is 13.1. The Balaban J connectivity index is 2.06. The Kier molecular flexibility index (Phi) is 5.28. The van der Waals surface area contributed by atoms with Crippen LogP contribution < -0.4 is 10.0 Å². The van der Waals surface area contributed by atoms with Crippen molar-refractivity contribution in [3.63, 3.8) is 0 Å². The van der Waals surface area contributed by atoms with Crippen LogP contribution in [0.3, 0.4) is 0 Å². The highest BCUT2D eigenvalue weighted by Gasteiger charge is 2.24. The molecular weight excluding hydrogens is 352 g/mol. The minimum absolute atomic E-state index is 0.0304. The molecule has 0 aliphatic carbocycles. The smallest absolute Gasteiger partial charge is 0.268 e. The molecule has 2 rings (SSSR count). The molecule has 3 N–H and O–H groups in total. The van der Waals surface area contributed by atoms with Gasteiger partial charge in [0.1, 0.15) is 10.6 Å². The van der Waals surface area contributed by atoms with Gasteiger partial charge in [0.15, 0.2) is 11.6 Å². The molecular formula is C16H19F2N3O3S. The normalized spacial score (nSPS) is 12.2. The highest BCUT2D eigenvalue weighted by Crippen LogP contribution is 2.14. The number of sulfonamides is 1. The minimum atomic E-state index is -3.76. The quantitative estimate of drug-likeness (QED) is 0.753. The lowest BCUT2D eigenvalue weighted by atomic mass is 10.1. The van der Waals surface area contributed by atoms with Crippen LogP contribution in [0.25, 0.3) is 0 Å². The van der Waals surface area contributed by atoms with E-state index in [-0.39, 0.29) is 17.1 Å². The number of aromatic nitrogens is 1. The molecule has 0 bridgehead atoms. The summed E-state index contributed by atoms with van der Waals surface area (Å²) in [6.07, 6.45) is 1.21. The number of amides is 1. The molecule has 0 aliphatic rings. The summed E-state index contributed by atoms with van der Waals surface area (Å²) >= 11 is 0. The lowest BCUT2D eigenvalue weighted by Gasteiger charge is -2.19. The molecule has 1 heterocycles. The number of hydrogen-bond acceptors (Lipinski definition) is 3. The van der Waals surface area contributed by atoms with Gasteiger partial charge in [0.05, 0.1) is 0 Å². The summed E-state index contributed by atoms with van der Waals surface area (Å²) < 4.78 is 52.9. The summed E-state index contributed by atoms with van der Waals surface area (Å²) in [6.45, 7) is 5.07. The van der Waals surface area contributed by atoms with Crippen molar-refractivity contribution < 1.29 is 22.0 Å². The number of carbonyl (C=O) groups excluding carboxylic acids is 1. The van der Waals surface area contributed by atoms with Gasteiger partial charge in [-0.25, -0.2) is 21.9 Å². The number of benzene rings is 1. The zero-order chi connectivity index (χ0) is 18.8. The van der Waals surface area contributed by atoms with E-state index in [1.165, 1.54) is 18.3 Å². The lowest BCUT2D eigenvalue weighted by Crippen LogP contribution is -2.40. The van der Waals surface area contributed by atoms with Gasteiger partial charge in [-0.1, -0.05) is 6.07 Å². The van der Waals surface area contributed by atoms with Crippen molar-refractivity contribution in [2.24, 2.45) is 0 Å². The molecule has 0 atom stereocenters. The zero-order valence-corrected chi connectivity index (χ0v) is 14.8. The molecule has 6 nitrogen and oxygen atoms in total. The fourth-order valence-electron chi connectivity index (χ4n) is 2.05. The molecule has 0 radical (unpaired) electrons. The first-order valence-corrected chi connectivity index (χ1v) is 8.91. The molecule has 0 unspecified atom stereocenters. The average Bonchev–Trinajstić information content (AvgIpc) is 2.96.